The average Bonchev–Trinajstić information content (AvgIpc) is 3.49. The van der Waals surface area contributed by atoms with Crippen LogP contribution in [0.2, 0.25) is 0 Å². The normalized spacial score (nSPS) is 16.8. The lowest BCUT2D eigenvalue weighted by Crippen LogP contribution is -2.38. The van der Waals surface area contributed by atoms with E-state index in [0.717, 1.165) is 91.3 Å². The van der Waals surface area contributed by atoms with Gasteiger partial charge in [-0.15, -0.1) is 0 Å². The van der Waals surface area contributed by atoms with Crippen molar-refractivity contribution in [1.29, 1.82) is 0 Å². The van der Waals surface area contributed by atoms with E-state index in [4.69, 9.17) is 9.51 Å². The number of aromatic amines is 1. The molecule has 0 aromatic carbocycles. The lowest BCUT2D eigenvalue weighted by Gasteiger charge is -2.31. The first-order valence-electron chi connectivity index (χ1n) is 10.9. The summed E-state index contributed by atoms with van der Waals surface area (Å²) in [6.07, 6.45) is 5.70. The van der Waals surface area contributed by atoms with Gasteiger partial charge in [0.05, 0.1) is 17.0 Å². The molecule has 7 heteroatoms. The van der Waals surface area contributed by atoms with Gasteiger partial charge in [-0.2, -0.15) is 5.10 Å². The third kappa shape index (κ3) is 3.22. The Balaban J connectivity index is 1.30. The van der Waals surface area contributed by atoms with Gasteiger partial charge in [0.2, 0.25) is 0 Å². The molecule has 3 aromatic heterocycles. The Morgan fingerprint density at radius 2 is 2.10 bits per heavy atom. The zero-order valence-electron chi connectivity index (χ0n) is 17.6. The molecule has 1 saturated heterocycles. The number of piperidine rings is 1. The highest BCUT2D eigenvalue weighted by Crippen LogP contribution is 2.32. The lowest BCUT2D eigenvalue weighted by molar-refractivity contribution is 0.0705. The number of carbonyl (C=O) groups is 1. The number of H-pyrrole nitrogens is 1. The van der Waals surface area contributed by atoms with E-state index in [9.17, 15) is 4.79 Å². The molecule has 0 bridgehead atoms. The summed E-state index contributed by atoms with van der Waals surface area (Å²) in [7, 11) is 0. The van der Waals surface area contributed by atoms with E-state index in [0.29, 0.717) is 11.6 Å². The van der Waals surface area contributed by atoms with E-state index < -0.39 is 0 Å². The van der Waals surface area contributed by atoms with E-state index in [1.807, 2.05) is 17.9 Å². The standard InChI is InChI=1S/C23H27N5O2/c1-3-20-21(14(2)27-30-20)19-9-5-7-17(24-19)15-10-12-28(13-11-15)23(29)22-16-6-4-8-18(16)25-26-22/h5,7,9,15H,3-4,6,8,10-13H2,1-2H3,(H,25,26). The Morgan fingerprint density at radius 1 is 1.27 bits per heavy atom. The Morgan fingerprint density at radius 3 is 2.90 bits per heavy atom. The topological polar surface area (TPSA) is 87.9 Å². The third-order valence-corrected chi connectivity index (χ3v) is 6.49. The number of fused-ring (bicyclic) bond motifs is 1. The summed E-state index contributed by atoms with van der Waals surface area (Å²) < 4.78 is 5.45. The van der Waals surface area contributed by atoms with Crippen LogP contribution in [0.4, 0.5) is 0 Å². The number of rotatable bonds is 4. The number of hydrogen-bond donors (Lipinski definition) is 1. The number of hydrogen-bond acceptors (Lipinski definition) is 5. The number of likely N-dealkylation sites (tertiary alicyclic amines) is 1. The maximum Gasteiger partial charge on any atom is 0.274 e. The first-order chi connectivity index (χ1) is 14.7. The number of nitrogens with zero attached hydrogens (tertiary/aromatic N) is 4. The number of carbonyl (C=O) groups excluding carboxylic acids is 1. The highest BCUT2D eigenvalue weighted by molar-refractivity contribution is 5.94. The molecule has 1 fully saturated rings. The van der Waals surface area contributed by atoms with Crippen LogP contribution in [0.25, 0.3) is 11.3 Å². The van der Waals surface area contributed by atoms with Crippen LogP contribution >= 0.6 is 0 Å². The minimum absolute atomic E-state index is 0.0715. The molecule has 2 aliphatic rings. The number of aryl methyl sites for hydroxylation is 3. The van der Waals surface area contributed by atoms with Gasteiger partial charge in [-0.25, -0.2) is 0 Å². The minimum Gasteiger partial charge on any atom is -0.360 e. The van der Waals surface area contributed by atoms with Gasteiger partial charge in [-0.1, -0.05) is 18.1 Å². The Bertz CT molecular complexity index is 1080. The van der Waals surface area contributed by atoms with Crippen molar-refractivity contribution in [3.8, 4) is 11.3 Å². The summed E-state index contributed by atoms with van der Waals surface area (Å²) in [5.74, 6) is 1.30. The van der Waals surface area contributed by atoms with Gasteiger partial charge in [0.25, 0.3) is 5.91 Å². The fourth-order valence-electron chi connectivity index (χ4n) is 4.83. The number of pyridine rings is 1. The van der Waals surface area contributed by atoms with E-state index in [1.54, 1.807) is 0 Å². The van der Waals surface area contributed by atoms with Gasteiger partial charge in [0.15, 0.2) is 5.69 Å². The van der Waals surface area contributed by atoms with E-state index >= 15 is 0 Å². The second kappa shape index (κ2) is 7.70. The minimum atomic E-state index is 0.0715. The highest BCUT2D eigenvalue weighted by atomic mass is 16.5. The first kappa shape index (κ1) is 19.0. The van der Waals surface area contributed by atoms with Crippen molar-refractivity contribution >= 4 is 5.91 Å². The number of nitrogens with one attached hydrogen (secondary N) is 1. The van der Waals surface area contributed by atoms with Crippen molar-refractivity contribution < 1.29 is 9.32 Å². The van der Waals surface area contributed by atoms with Crippen molar-refractivity contribution in [3.05, 3.63) is 52.3 Å². The van der Waals surface area contributed by atoms with Crippen LogP contribution in [-0.4, -0.2) is 44.2 Å². The van der Waals surface area contributed by atoms with E-state index in [1.165, 1.54) is 0 Å². The third-order valence-electron chi connectivity index (χ3n) is 6.49. The molecule has 0 radical (unpaired) electrons. The van der Waals surface area contributed by atoms with Gasteiger partial charge in [0, 0.05) is 42.4 Å². The van der Waals surface area contributed by atoms with Crippen molar-refractivity contribution in [2.24, 2.45) is 0 Å². The van der Waals surface area contributed by atoms with Crippen molar-refractivity contribution in [2.75, 3.05) is 13.1 Å². The van der Waals surface area contributed by atoms with Gasteiger partial charge < -0.3 is 9.42 Å². The second-order valence-corrected chi connectivity index (χ2v) is 8.32. The van der Waals surface area contributed by atoms with Gasteiger partial charge in [-0.3, -0.25) is 14.9 Å². The van der Waals surface area contributed by atoms with E-state index in [2.05, 4.69) is 34.4 Å². The summed E-state index contributed by atoms with van der Waals surface area (Å²) in [5, 5.41) is 11.5. The molecule has 0 saturated carbocycles. The summed E-state index contributed by atoms with van der Waals surface area (Å²) in [4.78, 5) is 19.9. The molecule has 30 heavy (non-hydrogen) atoms. The quantitative estimate of drug-likeness (QED) is 0.712. The molecule has 4 heterocycles. The van der Waals surface area contributed by atoms with Crippen LogP contribution in [0, 0.1) is 6.92 Å². The molecule has 1 aliphatic heterocycles. The van der Waals surface area contributed by atoms with Crippen LogP contribution in [0.3, 0.4) is 0 Å². The smallest absolute Gasteiger partial charge is 0.274 e. The van der Waals surface area contributed by atoms with Gasteiger partial charge in [0.1, 0.15) is 5.76 Å². The Kier molecular flexibility index (Phi) is 4.89. The van der Waals surface area contributed by atoms with Crippen molar-refractivity contribution in [2.45, 2.75) is 58.3 Å². The highest BCUT2D eigenvalue weighted by Gasteiger charge is 2.30. The molecule has 156 valence electrons. The molecule has 1 N–H and O–H groups in total. The van der Waals surface area contributed by atoms with Gasteiger partial charge in [-0.05, 0) is 51.2 Å². The van der Waals surface area contributed by atoms with E-state index in [-0.39, 0.29) is 5.91 Å². The largest absolute Gasteiger partial charge is 0.360 e. The first-order valence-corrected chi connectivity index (χ1v) is 10.9. The molecule has 7 nitrogen and oxygen atoms in total. The summed E-state index contributed by atoms with van der Waals surface area (Å²) in [5.41, 5.74) is 6.81. The summed E-state index contributed by atoms with van der Waals surface area (Å²) >= 11 is 0. The predicted molar refractivity (Wildman–Crippen MR) is 112 cm³/mol. The predicted octanol–water partition coefficient (Wildman–Crippen LogP) is 3.84. The molecule has 1 amide bonds. The Labute approximate surface area is 175 Å². The van der Waals surface area contributed by atoms with Gasteiger partial charge >= 0.3 is 0 Å². The number of amides is 1. The molecule has 5 rings (SSSR count). The van der Waals surface area contributed by atoms with Crippen molar-refractivity contribution in [1.82, 2.24) is 25.2 Å². The summed E-state index contributed by atoms with van der Waals surface area (Å²) in [6, 6.07) is 6.19. The Hall–Kier alpha value is -2.96. The summed E-state index contributed by atoms with van der Waals surface area (Å²) in [6.45, 7) is 5.50. The SMILES string of the molecule is CCc1onc(C)c1-c1cccc(C2CCN(C(=O)c3n[nH]c4c3CCC4)CC2)n1. The molecule has 3 aromatic rings. The maximum atomic E-state index is 13.0. The monoisotopic (exact) mass is 405 g/mol. The van der Waals surface area contributed by atoms with Crippen LogP contribution < -0.4 is 0 Å². The molecule has 1 aliphatic carbocycles. The zero-order valence-corrected chi connectivity index (χ0v) is 17.6. The van der Waals surface area contributed by atoms with Crippen LogP contribution in [0.15, 0.2) is 22.7 Å². The molecular weight excluding hydrogens is 378 g/mol. The second-order valence-electron chi connectivity index (χ2n) is 8.32. The lowest BCUT2D eigenvalue weighted by atomic mass is 9.92. The average molecular weight is 406 g/mol. The number of aromatic nitrogens is 4. The maximum absolute atomic E-state index is 13.0. The zero-order chi connectivity index (χ0) is 20.7. The molecule has 0 spiro atoms. The van der Waals surface area contributed by atoms with Crippen molar-refractivity contribution in [3.63, 3.8) is 0 Å². The van der Waals surface area contributed by atoms with Crippen LogP contribution in [-0.2, 0) is 19.3 Å². The fraction of sp³-hybridized carbons (Fsp3) is 0.478. The van der Waals surface area contributed by atoms with Crippen LogP contribution in [0.1, 0.15) is 71.0 Å². The molecular formula is C23H27N5O2. The fourth-order valence-corrected chi connectivity index (χ4v) is 4.83. The molecule has 0 unspecified atom stereocenters. The van der Waals surface area contributed by atoms with Crippen LogP contribution in [0.5, 0.6) is 0 Å². The molecule has 0 atom stereocenters.